The molecular formula is C10H18N2O3S. The summed E-state index contributed by atoms with van der Waals surface area (Å²) in [6.07, 6.45) is 1.04. The number of hydrogen-bond donors (Lipinski definition) is 1. The van der Waals surface area contributed by atoms with Gasteiger partial charge >= 0.3 is 12.0 Å². The molecule has 1 N–H and O–H groups in total. The molecule has 0 aromatic heterocycles. The van der Waals surface area contributed by atoms with Gasteiger partial charge in [-0.2, -0.15) is 11.8 Å². The smallest absolute Gasteiger partial charge is 0.323 e. The van der Waals surface area contributed by atoms with Crippen molar-refractivity contribution in [1.82, 2.24) is 9.80 Å². The highest BCUT2D eigenvalue weighted by Crippen LogP contribution is 2.21. The van der Waals surface area contributed by atoms with Gasteiger partial charge in [-0.3, -0.25) is 4.79 Å². The highest BCUT2D eigenvalue weighted by molar-refractivity contribution is 8.00. The molecule has 6 heteroatoms. The molecule has 2 amide bonds. The van der Waals surface area contributed by atoms with Crippen LogP contribution in [0.2, 0.25) is 0 Å². The molecule has 1 atom stereocenters. The molecule has 1 rings (SSSR count). The molecule has 1 unspecified atom stereocenters. The number of carboxylic acid groups (broad SMARTS) is 1. The average Bonchev–Trinajstić information content (AvgIpc) is 2.27. The fourth-order valence-corrected chi connectivity index (χ4v) is 2.83. The van der Waals surface area contributed by atoms with E-state index in [4.69, 9.17) is 5.11 Å². The third-order valence-corrected chi connectivity index (χ3v) is 3.94. The van der Waals surface area contributed by atoms with Crippen molar-refractivity contribution in [3.05, 3.63) is 0 Å². The summed E-state index contributed by atoms with van der Waals surface area (Å²) in [6, 6.07) is -0.179. The van der Waals surface area contributed by atoms with Crippen molar-refractivity contribution in [2.45, 2.75) is 18.6 Å². The number of amides is 2. The van der Waals surface area contributed by atoms with Crippen LogP contribution in [0, 0.1) is 0 Å². The fraction of sp³-hybridized carbons (Fsp3) is 0.800. The van der Waals surface area contributed by atoms with E-state index >= 15 is 0 Å². The van der Waals surface area contributed by atoms with Crippen LogP contribution in [0.3, 0.4) is 0 Å². The number of aliphatic carboxylic acids is 1. The number of likely N-dealkylation sites (N-methyl/N-ethyl adjacent to an activating group) is 1. The molecule has 16 heavy (non-hydrogen) atoms. The van der Waals surface area contributed by atoms with Gasteiger partial charge in [0.2, 0.25) is 0 Å². The fourth-order valence-electron chi connectivity index (χ4n) is 1.65. The lowest BCUT2D eigenvalue weighted by Crippen LogP contribution is -2.48. The lowest BCUT2D eigenvalue weighted by atomic mass is 10.3. The van der Waals surface area contributed by atoms with Crippen molar-refractivity contribution in [1.29, 1.82) is 0 Å². The predicted molar refractivity (Wildman–Crippen MR) is 63.8 cm³/mol. The van der Waals surface area contributed by atoms with Gasteiger partial charge in [0.25, 0.3) is 0 Å². The standard InChI is InChI=1S/C10H18N2O3S/c1-3-8-6-12(4-5-16-8)10(15)11(2)7-9(13)14/h8H,3-7H2,1-2H3,(H,13,14). The summed E-state index contributed by atoms with van der Waals surface area (Å²) in [6.45, 7) is 3.31. The molecule has 1 fully saturated rings. The van der Waals surface area contributed by atoms with Crippen LogP contribution < -0.4 is 0 Å². The monoisotopic (exact) mass is 246 g/mol. The molecule has 0 aromatic carbocycles. The third-order valence-electron chi connectivity index (χ3n) is 2.56. The number of nitrogens with zero attached hydrogens (tertiary/aromatic N) is 2. The second-order valence-electron chi connectivity index (χ2n) is 3.88. The minimum absolute atomic E-state index is 0.179. The number of carbonyl (C=O) groups is 2. The van der Waals surface area contributed by atoms with Gasteiger partial charge in [-0.05, 0) is 6.42 Å². The Morgan fingerprint density at radius 3 is 2.81 bits per heavy atom. The van der Waals surface area contributed by atoms with Crippen LogP contribution >= 0.6 is 11.8 Å². The molecule has 1 saturated heterocycles. The van der Waals surface area contributed by atoms with E-state index in [9.17, 15) is 9.59 Å². The van der Waals surface area contributed by atoms with Crippen molar-refractivity contribution >= 4 is 23.8 Å². The van der Waals surface area contributed by atoms with E-state index in [0.29, 0.717) is 11.8 Å². The molecule has 5 nitrogen and oxygen atoms in total. The Kier molecular flexibility index (Phi) is 4.92. The predicted octanol–water partition coefficient (Wildman–Crippen LogP) is 0.950. The first kappa shape index (κ1) is 13.2. The van der Waals surface area contributed by atoms with Crippen molar-refractivity contribution < 1.29 is 14.7 Å². The number of hydrogen-bond acceptors (Lipinski definition) is 3. The van der Waals surface area contributed by atoms with Gasteiger partial charge < -0.3 is 14.9 Å². The summed E-state index contributed by atoms with van der Waals surface area (Å²) in [5, 5.41) is 9.10. The molecule has 1 aliphatic rings. The van der Waals surface area contributed by atoms with Crippen molar-refractivity contribution in [2.75, 3.05) is 32.4 Å². The Morgan fingerprint density at radius 1 is 1.56 bits per heavy atom. The highest BCUT2D eigenvalue weighted by atomic mass is 32.2. The summed E-state index contributed by atoms with van der Waals surface area (Å²) in [4.78, 5) is 25.4. The van der Waals surface area contributed by atoms with Crippen LogP contribution in [0.4, 0.5) is 4.79 Å². The minimum atomic E-state index is -0.978. The summed E-state index contributed by atoms with van der Waals surface area (Å²) in [7, 11) is 1.53. The normalized spacial score (nSPS) is 20.6. The first-order valence-electron chi connectivity index (χ1n) is 5.38. The van der Waals surface area contributed by atoms with Gasteiger partial charge in [-0.25, -0.2) is 4.79 Å². The van der Waals surface area contributed by atoms with E-state index in [2.05, 4.69) is 6.92 Å². The SMILES string of the molecule is CCC1CN(C(=O)N(C)CC(=O)O)CCS1. The Balaban J connectivity index is 2.49. The highest BCUT2D eigenvalue weighted by Gasteiger charge is 2.25. The Bertz CT molecular complexity index is 273. The number of carbonyl (C=O) groups excluding carboxylic acids is 1. The molecule has 1 heterocycles. The van der Waals surface area contributed by atoms with E-state index in [-0.39, 0.29) is 12.6 Å². The summed E-state index contributed by atoms with van der Waals surface area (Å²) >= 11 is 1.88. The van der Waals surface area contributed by atoms with Gasteiger partial charge in [-0.1, -0.05) is 6.92 Å². The molecule has 0 spiro atoms. The van der Waals surface area contributed by atoms with Crippen LogP contribution in [0.15, 0.2) is 0 Å². The second kappa shape index (κ2) is 5.98. The number of carboxylic acids is 1. The number of urea groups is 1. The van der Waals surface area contributed by atoms with Crippen molar-refractivity contribution in [3.8, 4) is 0 Å². The first-order chi connectivity index (χ1) is 7.54. The summed E-state index contributed by atoms with van der Waals surface area (Å²) < 4.78 is 0. The zero-order valence-electron chi connectivity index (χ0n) is 9.68. The zero-order chi connectivity index (χ0) is 12.1. The van der Waals surface area contributed by atoms with Gasteiger partial charge in [0.15, 0.2) is 0 Å². The van der Waals surface area contributed by atoms with E-state index in [1.807, 2.05) is 11.8 Å². The number of thioether (sulfide) groups is 1. The van der Waals surface area contributed by atoms with E-state index in [0.717, 1.165) is 18.7 Å². The lowest BCUT2D eigenvalue weighted by molar-refractivity contribution is -0.137. The quantitative estimate of drug-likeness (QED) is 0.805. The molecule has 0 radical (unpaired) electrons. The van der Waals surface area contributed by atoms with Gasteiger partial charge in [0.05, 0.1) is 0 Å². The van der Waals surface area contributed by atoms with Gasteiger partial charge in [-0.15, -0.1) is 0 Å². The Hall–Kier alpha value is -0.910. The lowest BCUT2D eigenvalue weighted by Gasteiger charge is -2.34. The van der Waals surface area contributed by atoms with Gasteiger partial charge in [0, 0.05) is 31.1 Å². The molecule has 92 valence electrons. The molecule has 0 aromatic rings. The maximum absolute atomic E-state index is 11.9. The topological polar surface area (TPSA) is 60.9 Å². The molecule has 0 saturated carbocycles. The van der Waals surface area contributed by atoms with E-state index in [1.54, 1.807) is 4.90 Å². The largest absolute Gasteiger partial charge is 0.480 e. The van der Waals surface area contributed by atoms with E-state index < -0.39 is 5.97 Å². The molecule has 0 bridgehead atoms. The van der Waals surface area contributed by atoms with Crippen molar-refractivity contribution in [3.63, 3.8) is 0 Å². The van der Waals surface area contributed by atoms with Crippen LogP contribution in [-0.4, -0.2) is 64.6 Å². The van der Waals surface area contributed by atoms with Crippen LogP contribution in [0.25, 0.3) is 0 Å². The van der Waals surface area contributed by atoms with Crippen LogP contribution in [0.5, 0.6) is 0 Å². The van der Waals surface area contributed by atoms with Crippen LogP contribution in [0.1, 0.15) is 13.3 Å². The Morgan fingerprint density at radius 2 is 2.25 bits per heavy atom. The zero-order valence-corrected chi connectivity index (χ0v) is 10.5. The minimum Gasteiger partial charge on any atom is -0.480 e. The van der Waals surface area contributed by atoms with Crippen molar-refractivity contribution in [2.24, 2.45) is 0 Å². The summed E-state index contributed by atoms with van der Waals surface area (Å²) in [5.74, 6) is -0.0418. The second-order valence-corrected chi connectivity index (χ2v) is 5.29. The maximum atomic E-state index is 11.9. The molecular weight excluding hydrogens is 228 g/mol. The number of rotatable bonds is 3. The van der Waals surface area contributed by atoms with Crippen LogP contribution in [-0.2, 0) is 4.79 Å². The first-order valence-corrected chi connectivity index (χ1v) is 6.43. The molecule has 1 aliphatic heterocycles. The maximum Gasteiger partial charge on any atom is 0.323 e. The summed E-state index contributed by atoms with van der Waals surface area (Å²) in [5.41, 5.74) is 0. The Labute approximate surface area is 99.8 Å². The van der Waals surface area contributed by atoms with Gasteiger partial charge in [0.1, 0.15) is 6.54 Å². The average molecular weight is 246 g/mol. The van der Waals surface area contributed by atoms with E-state index in [1.165, 1.54) is 11.9 Å². The molecule has 0 aliphatic carbocycles. The third kappa shape index (κ3) is 3.59.